The number of rotatable bonds is 34. The Hall–Kier alpha value is -0.717. The van der Waals surface area contributed by atoms with E-state index in [1.165, 1.54) is 215 Å². The molecule has 0 amide bonds. The number of unbranched alkanes of at least 4 members (excludes halogenated alkanes) is 24. The van der Waals surface area contributed by atoms with Gasteiger partial charge in [0.1, 0.15) is 0 Å². The van der Waals surface area contributed by atoms with Crippen molar-refractivity contribution in [2.75, 3.05) is 10.6 Å². The summed E-state index contributed by atoms with van der Waals surface area (Å²) in [5.41, 5.74) is 8.19. The van der Waals surface area contributed by atoms with Crippen molar-refractivity contribution < 1.29 is 19.5 Å². The normalized spacial score (nSPS) is 10.7. The molecule has 0 fully saturated rings. The molecule has 0 bridgehead atoms. The van der Waals surface area contributed by atoms with E-state index in [2.05, 4.69) is 74.7 Å². The van der Waals surface area contributed by atoms with Crippen molar-refractivity contribution in [2.24, 2.45) is 0 Å². The molecule has 2 aromatic carbocycles. The second kappa shape index (κ2) is 40.7. The Labute approximate surface area is 388 Å². The van der Waals surface area contributed by atoms with Crippen LogP contribution < -0.4 is 10.6 Å². The van der Waals surface area contributed by atoms with Crippen molar-refractivity contribution in [3.8, 4) is 0 Å². The number of hydrogen-bond acceptors (Lipinski definition) is 4. The van der Waals surface area contributed by atoms with Gasteiger partial charge in [-0.05, 0) is 85.8 Å². The Balaban J connectivity index is 0.00000108. The van der Waals surface area contributed by atoms with E-state index >= 15 is 0 Å². The maximum absolute atomic E-state index is 5.14. The summed E-state index contributed by atoms with van der Waals surface area (Å²) in [6, 6.07) is 13.2. The minimum atomic E-state index is 0. The van der Waals surface area contributed by atoms with Gasteiger partial charge < -0.3 is 60.3 Å². The summed E-state index contributed by atoms with van der Waals surface area (Å²) in [7, 11) is 0. The Bertz CT molecular complexity index is 1160. The molecule has 0 aliphatic carbocycles. The maximum atomic E-state index is 5.14. The smallest absolute Gasteiger partial charge is 0.411 e. The van der Waals surface area contributed by atoms with Gasteiger partial charge >= 0.3 is 19.5 Å². The molecule has 2 nitrogen and oxygen atoms in total. The molecule has 0 aromatic heterocycles. The molecular weight excluding hydrogens is 822 g/mol. The summed E-state index contributed by atoms with van der Waals surface area (Å²) in [4.78, 5) is 0. The van der Waals surface area contributed by atoms with Gasteiger partial charge in [0.25, 0.3) is 0 Å². The summed E-state index contributed by atoms with van der Waals surface area (Å²) in [5, 5.41) is 6.51. The van der Waals surface area contributed by atoms with Crippen LogP contribution in [0.15, 0.2) is 36.4 Å². The van der Waals surface area contributed by atoms with Crippen LogP contribution in [0, 0.1) is 0 Å². The standard InChI is InChI=1S/2C25H43NS2.Zn/c2*1-3-5-7-9-11-13-15-18-22-19-17-21-24(26-25(27)28)23(22)20-16-14-12-10-8-6-4-2;/h2*17,19,21H,3-16,18,20H2,1-2H3,(H2,26,27,28);/q;;+2/p-2. The second-order valence-corrected chi connectivity index (χ2v) is 18.3. The zero-order chi connectivity index (χ0) is 40.9. The fourth-order valence-electron chi connectivity index (χ4n) is 7.85. The second-order valence-electron chi connectivity index (χ2n) is 16.2. The van der Waals surface area contributed by atoms with Crippen molar-refractivity contribution in [1.82, 2.24) is 0 Å². The summed E-state index contributed by atoms with van der Waals surface area (Å²) in [6.45, 7) is 9.12. The Morgan fingerprint density at radius 2 is 0.632 bits per heavy atom. The fourth-order valence-corrected chi connectivity index (χ4v) is 8.29. The van der Waals surface area contributed by atoms with Crippen LogP contribution in [0.5, 0.6) is 0 Å². The number of thiocarbonyl (C=S) groups is 2. The van der Waals surface area contributed by atoms with E-state index in [9.17, 15) is 0 Å². The van der Waals surface area contributed by atoms with Crippen molar-refractivity contribution in [3.63, 3.8) is 0 Å². The van der Waals surface area contributed by atoms with Crippen LogP contribution in [-0.4, -0.2) is 8.64 Å². The topological polar surface area (TPSA) is 24.1 Å². The van der Waals surface area contributed by atoms with E-state index in [4.69, 9.17) is 49.7 Å². The SMILES string of the molecule is CCCCCCCCCc1cccc(NC(=S)[S-])c1CCCCCCCCC.CCCCCCCCCc1cccc(NC(=S)[S-])c1CCCCCCCCC.[Zn+2]. The number of aryl methyl sites for hydroxylation is 2. The van der Waals surface area contributed by atoms with E-state index in [1.54, 1.807) is 0 Å². The van der Waals surface area contributed by atoms with Crippen molar-refractivity contribution in [2.45, 2.75) is 233 Å². The Morgan fingerprint density at radius 3 is 0.895 bits per heavy atom. The molecule has 0 atom stereocenters. The third-order valence-corrected chi connectivity index (χ3v) is 11.6. The summed E-state index contributed by atoms with van der Waals surface area (Å²) >= 11 is 20.5. The number of hydrogen-bond donors (Lipinski definition) is 2. The zero-order valence-corrected chi connectivity index (χ0v) is 43.7. The van der Waals surface area contributed by atoms with Crippen molar-refractivity contribution in [3.05, 3.63) is 58.7 Å². The number of anilines is 2. The first-order valence-electron chi connectivity index (χ1n) is 23.5. The third-order valence-electron chi connectivity index (χ3n) is 11.2. The summed E-state index contributed by atoms with van der Waals surface area (Å²) in [6.07, 6.45) is 42.5. The van der Waals surface area contributed by atoms with Gasteiger partial charge in [-0.3, -0.25) is 0 Å². The van der Waals surface area contributed by atoms with E-state index in [0.717, 1.165) is 24.2 Å². The molecule has 0 heterocycles. The molecule has 2 rings (SSSR count). The molecule has 2 aromatic rings. The van der Waals surface area contributed by atoms with Gasteiger partial charge in [0, 0.05) is 11.4 Å². The zero-order valence-electron chi connectivity index (χ0n) is 37.4. The average molecular weight is 907 g/mol. The largest absolute Gasteiger partial charge is 2.00 e. The van der Waals surface area contributed by atoms with Gasteiger partial charge in [0.05, 0.1) is 0 Å². The quantitative estimate of drug-likeness (QED) is 0.0314. The van der Waals surface area contributed by atoms with Crippen LogP contribution in [0.1, 0.15) is 230 Å². The number of nitrogens with one attached hydrogen (secondary N) is 2. The van der Waals surface area contributed by atoms with E-state index in [0.29, 0.717) is 8.64 Å². The molecule has 57 heavy (non-hydrogen) atoms. The summed E-state index contributed by atoms with van der Waals surface area (Å²) in [5.74, 6) is 0. The van der Waals surface area contributed by atoms with Gasteiger partial charge in [0.2, 0.25) is 0 Å². The molecular formula is C50H84N2S4Zn. The molecule has 0 aliphatic rings. The van der Waals surface area contributed by atoms with E-state index in [1.807, 2.05) is 0 Å². The third kappa shape index (κ3) is 30.9. The maximum Gasteiger partial charge on any atom is 2.00 e. The minimum absolute atomic E-state index is 0. The first kappa shape index (κ1) is 56.3. The van der Waals surface area contributed by atoms with E-state index < -0.39 is 0 Å². The van der Waals surface area contributed by atoms with Crippen LogP contribution in [0.25, 0.3) is 0 Å². The van der Waals surface area contributed by atoms with Crippen molar-refractivity contribution in [1.29, 1.82) is 0 Å². The van der Waals surface area contributed by atoms with Crippen LogP contribution in [0.4, 0.5) is 11.4 Å². The number of benzene rings is 2. The molecule has 0 aliphatic heterocycles. The van der Waals surface area contributed by atoms with Gasteiger partial charge in [-0.15, -0.1) is 0 Å². The minimum Gasteiger partial charge on any atom is -0.411 e. The Morgan fingerprint density at radius 1 is 0.386 bits per heavy atom. The van der Waals surface area contributed by atoms with Crippen LogP contribution in [0.3, 0.4) is 0 Å². The molecule has 0 spiro atoms. The van der Waals surface area contributed by atoms with Gasteiger partial charge in [-0.2, -0.15) is 0 Å². The predicted molar refractivity (Wildman–Crippen MR) is 267 cm³/mol. The molecule has 0 saturated carbocycles. The van der Waals surface area contributed by atoms with Gasteiger partial charge in [-0.1, -0.05) is 215 Å². The first-order valence-corrected chi connectivity index (χ1v) is 25.2. The molecule has 2 N–H and O–H groups in total. The molecule has 320 valence electrons. The molecule has 0 radical (unpaired) electrons. The molecule has 0 unspecified atom stereocenters. The van der Waals surface area contributed by atoms with Crippen molar-refractivity contribution >= 4 is 69.7 Å². The van der Waals surface area contributed by atoms with Crippen LogP contribution >= 0.6 is 24.4 Å². The van der Waals surface area contributed by atoms with E-state index in [-0.39, 0.29) is 19.5 Å². The van der Waals surface area contributed by atoms with Gasteiger partial charge in [-0.25, -0.2) is 0 Å². The Kier molecular flexibility index (Phi) is 40.2. The molecule has 0 saturated heterocycles. The molecule has 7 heteroatoms. The predicted octanol–water partition coefficient (Wildman–Crippen LogP) is 17.0. The first-order chi connectivity index (χ1) is 27.4. The summed E-state index contributed by atoms with van der Waals surface area (Å²) < 4.78 is 0.905. The monoisotopic (exact) mass is 904 g/mol. The van der Waals surface area contributed by atoms with Crippen LogP contribution in [0.2, 0.25) is 0 Å². The van der Waals surface area contributed by atoms with Gasteiger partial charge in [0.15, 0.2) is 0 Å². The average Bonchev–Trinajstić information content (AvgIpc) is 3.17. The fraction of sp³-hybridized carbons (Fsp3) is 0.720. The van der Waals surface area contributed by atoms with Crippen LogP contribution in [-0.2, 0) is 70.4 Å².